The summed E-state index contributed by atoms with van der Waals surface area (Å²) in [6.45, 7) is 6.68. The highest BCUT2D eigenvalue weighted by Gasteiger charge is 2.25. The standard InChI is InChI=1S/C12H16Br2N2O3/c1-12(2,3)8(5-13)6-15-7-9(16(18)19)4-10(14)11(15)17/h4,7-8H,5-6H2,1-3H3. The van der Waals surface area contributed by atoms with Crippen molar-refractivity contribution in [2.45, 2.75) is 27.3 Å². The summed E-state index contributed by atoms with van der Waals surface area (Å²) in [6.07, 6.45) is 1.30. The summed E-state index contributed by atoms with van der Waals surface area (Å²) in [7, 11) is 0. The maximum absolute atomic E-state index is 12.0. The average Bonchev–Trinajstić information content (AvgIpc) is 2.28. The molecule has 0 aliphatic carbocycles. The molecule has 7 heteroatoms. The van der Waals surface area contributed by atoms with Crippen molar-refractivity contribution in [2.75, 3.05) is 5.33 Å². The molecule has 0 fully saturated rings. The van der Waals surface area contributed by atoms with Crippen molar-refractivity contribution >= 4 is 37.5 Å². The second kappa shape index (κ2) is 6.17. The summed E-state index contributed by atoms with van der Waals surface area (Å²) in [4.78, 5) is 22.3. The van der Waals surface area contributed by atoms with Crippen molar-refractivity contribution in [3.63, 3.8) is 0 Å². The van der Waals surface area contributed by atoms with Crippen LogP contribution >= 0.6 is 31.9 Å². The molecule has 1 aromatic heterocycles. The Balaban J connectivity index is 3.20. The fourth-order valence-electron chi connectivity index (χ4n) is 1.61. The number of halogens is 2. The van der Waals surface area contributed by atoms with Crippen molar-refractivity contribution in [1.29, 1.82) is 0 Å². The molecule has 0 aliphatic heterocycles. The first-order valence-electron chi connectivity index (χ1n) is 5.77. The van der Waals surface area contributed by atoms with Gasteiger partial charge in [0, 0.05) is 17.9 Å². The molecule has 0 saturated heterocycles. The smallest absolute Gasteiger partial charge is 0.286 e. The highest BCUT2D eigenvalue weighted by molar-refractivity contribution is 9.10. The van der Waals surface area contributed by atoms with Gasteiger partial charge >= 0.3 is 0 Å². The lowest BCUT2D eigenvalue weighted by Crippen LogP contribution is -2.31. The van der Waals surface area contributed by atoms with Gasteiger partial charge in [0.25, 0.3) is 11.2 Å². The molecule has 1 aromatic rings. The van der Waals surface area contributed by atoms with Crippen molar-refractivity contribution in [1.82, 2.24) is 4.57 Å². The SMILES string of the molecule is CC(C)(C)C(CBr)Cn1cc([N+](=O)[O-])cc(Br)c1=O. The Morgan fingerprint density at radius 1 is 1.47 bits per heavy atom. The zero-order chi connectivity index (χ0) is 14.8. The third-order valence-electron chi connectivity index (χ3n) is 3.07. The summed E-state index contributed by atoms with van der Waals surface area (Å²) in [5.74, 6) is 0.194. The first kappa shape index (κ1) is 16.4. The van der Waals surface area contributed by atoms with Crippen molar-refractivity contribution in [3.05, 3.63) is 37.2 Å². The van der Waals surface area contributed by atoms with Crippen LogP contribution in [0.25, 0.3) is 0 Å². The molecular formula is C12H16Br2N2O3. The third-order valence-corrected chi connectivity index (χ3v) is 4.42. The molecule has 5 nitrogen and oxygen atoms in total. The average molecular weight is 396 g/mol. The number of nitro groups is 1. The Morgan fingerprint density at radius 2 is 2.05 bits per heavy atom. The molecule has 1 atom stereocenters. The van der Waals surface area contributed by atoms with Crippen LogP contribution in [0.5, 0.6) is 0 Å². The van der Waals surface area contributed by atoms with Crippen LogP contribution in [0.15, 0.2) is 21.5 Å². The molecule has 0 aromatic carbocycles. The van der Waals surface area contributed by atoms with Crippen LogP contribution in [0.3, 0.4) is 0 Å². The van der Waals surface area contributed by atoms with E-state index in [1.165, 1.54) is 16.8 Å². The maximum atomic E-state index is 12.0. The molecule has 1 rings (SSSR count). The van der Waals surface area contributed by atoms with Crippen LogP contribution in [0.1, 0.15) is 20.8 Å². The molecule has 0 N–H and O–H groups in total. The second-order valence-electron chi connectivity index (χ2n) is 5.48. The Hall–Kier alpha value is -0.690. The largest absolute Gasteiger partial charge is 0.308 e. The Labute approximate surface area is 128 Å². The van der Waals surface area contributed by atoms with Crippen molar-refractivity contribution < 1.29 is 4.92 Å². The van der Waals surface area contributed by atoms with Crippen LogP contribution in [0, 0.1) is 21.4 Å². The maximum Gasteiger partial charge on any atom is 0.286 e. The second-order valence-corrected chi connectivity index (χ2v) is 6.98. The fourth-order valence-corrected chi connectivity index (χ4v) is 3.25. The number of hydrogen-bond donors (Lipinski definition) is 0. The minimum absolute atomic E-state index is 0.0000371. The first-order valence-corrected chi connectivity index (χ1v) is 7.68. The lowest BCUT2D eigenvalue weighted by atomic mass is 9.82. The van der Waals surface area contributed by atoms with E-state index in [1.807, 2.05) is 0 Å². The minimum Gasteiger partial charge on any atom is -0.308 e. The highest BCUT2D eigenvalue weighted by Crippen LogP contribution is 2.29. The predicted molar refractivity (Wildman–Crippen MR) is 81.8 cm³/mol. The Morgan fingerprint density at radius 3 is 2.47 bits per heavy atom. The summed E-state index contributed by atoms with van der Waals surface area (Å²) < 4.78 is 1.61. The van der Waals surface area contributed by atoms with E-state index in [4.69, 9.17) is 0 Å². The van der Waals surface area contributed by atoms with Crippen LogP contribution in [0.4, 0.5) is 5.69 Å². The lowest BCUT2D eigenvalue weighted by Gasteiger charge is -2.29. The summed E-state index contributed by atoms with van der Waals surface area (Å²) >= 11 is 6.52. The molecule has 0 bridgehead atoms. The number of nitrogens with zero attached hydrogens (tertiary/aromatic N) is 2. The van der Waals surface area contributed by atoms with Crippen molar-refractivity contribution in [3.8, 4) is 0 Å². The Kier molecular flexibility index (Phi) is 5.32. The van der Waals surface area contributed by atoms with Crippen LogP contribution in [-0.4, -0.2) is 14.8 Å². The number of aromatic nitrogens is 1. The van der Waals surface area contributed by atoms with Gasteiger partial charge in [0.2, 0.25) is 0 Å². The molecule has 106 valence electrons. The van der Waals surface area contributed by atoms with E-state index < -0.39 is 4.92 Å². The molecule has 0 radical (unpaired) electrons. The van der Waals surface area contributed by atoms with Crippen LogP contribution in [-0.2, 0) is 6.54 Å². The van der Waals surface area contributed by atoms with E-state index in [0.29, 0.717) is 6.54 Å². The molecule has 0 amide bonds. The minimum atomic E-state index is -0.499. The number of hydrogen-bond acceptors (Lipinski definition) is 3. The van der Waals surface area contributed by atoms with Crippen LogP contribution < -0.4 is 5.56 Å². The van der Waals surface area contributed by atoms with E-state index in [1.54, 1.807) is 0 Å². The van der Waals surface area contributed by atoms with E-state index in [0.717, 1.165) is 5.33 Å². The van der Waals surface area contributed by atoms with Gasteiger partial charge in [-0.15, -0.1) is 0 Å². The molecule has 0 aliphatic rings. The van der Waals surface area contributed by atoms with E-state index in [9.17, 15) is 14.9 Å². The quantitative estimate of drug-likeness (QED) is 0.444. The number of rotatable bonds is 4. The topological polar surface area (TPSA) is 65.1 Å². The fraction of sp³-hybridized carbons (Fsp3) is 0.583. The molecule has 1 unspecified atom stereocenters. The van der Waals surface area contributed by atoms with Gasteiger partial charge in [-0.1, -0.05) is 36.7 Å². The summed E-state index contributed by atoms with van der Waals surface area (Å²) in [6, 6.07) is 1.24. The molecule has 0 saturated carbocycles. The molecule has 19 heavy (non-hydrogen) atoms. The monoisotopic (exact) mass is 394 g/mol. The van der Waals surface area contributed by atoms with Gasteiger partial charge in [-0.25, -0.2) is 0 Å². The van der Waals surface area contributed by atoms with Gasteiger partial charge in [0.05, 0.1) is 15.6 Å². The van der Waals surface area contributed by atoms with E-state index in [2.05, 4.69) is 52.6 Å². The molecule has 1 heterocycles. The predicted octanol–water partition coefficient (Wildman–Crippen LogP) is 3.58. The van der Waals surface area contributed by atoms with Crippen molar-refractivity contribution in [2.24, 2.45) is 11.3 Å². The van der Waals surface area contributed by atoms with Gasteiger partial charge in [-0.2, -0.15) is 0 Å². The number of pyridine rings is 1. The zero-order valence-electron chi connectivity index (χ0n) is 11.0. The highest BCUT2D eigenvalue weighted by atomic mass is 79.9. The van der Waals surface area contributed by atoms with E-state index in [-0.39, 0.29) is 27.1 Å². The normalized spacial score (nSPS) is 13.3. The van der Waals surface area contributed by atoms with Gasteiger partial charge < -0.3 is 4.57 Å². The van der Waals surface area contributed by atoms with E-state index >= 15 is 0 Å². The molecular weight excluding hydrogens is 380 g/mol. The third kappa shape index (κ3) is 4.14. The lowest BCUT2D eigenvalue weighted by molar-refractivity contribution is -0.385. The first-order chi connectivity index (χ1) is 8.66. The van der Waals surface area contributed by atoms with Gasteiger partial charge in [-0.3, -0.25) is 14.9 Å². The van der Waals surface area contributed by atoms with Gasteiger partial charge in [0.15, 0.2) is 0 Å². The summed E-state index contributed by atoms with van der Waals surface area (Å²) in [5, 5.41) is 11.6. The molecule has 0 spiro atoms. The van der Waals surface area contributed by atoms with Gasteiger partial charge in [0.1, 0.15) is 0 Å². The summed E-state index contributed by atoms with van der Waals surface area (Å²) in [5.41, 5.74) is -0.338. The Bertz CT molecular complexity index is 535. The van der Waals surface area contributed by atoms with Gasteiger partial charge in [-0.05, 0) is 27.3 Å². The zero-order valence-corrected chi connectivity index (χ0v) is 14.2. The number of alkyl halides is 1. The van der Waals surface area contributed by atoms with Crippen LogP contribution in [0.2, 0.25) is 0 Å².